The molecule has 0 aliphatic heterocycles. The molecule has 0 spiro atoms. The molecular weight excluding hydrogens is 430 g/mol. The first kappa shape index (κ1) is 22.7. The van der Waals surface area contributed by atoms with Gasteiger partial charge in [0.25, 0.3) is 5.91 Å². The van der Waals surface area contributed by atoms with Crippen LogP contribution < -0.4 is 16.0 Å². The lowest BCUT2D eigenvalue weighted by atomic mass is 9.49. The summed E-state index contributed by atoms with van der Waals surface area (Å²) in [7, 11) is 0. The molecule has 34 heavy (non-hydrogen) atoms. The number of nitrogens with one attached hydrogen (secondary N) is 3. The van der Waals surface area contributed by atoms with Crippen molar-refractivity contribution in [3.8, 4) is 0 Å². The van der Waals surface area contributed by atoms with Crippen LogP contribution in [0, 0.1) is 23.2 Å². The standard InChI is InChI=1S/C27H33N3O4/c31-24(30-23-7-2-1-6-22(23)25(32)29-17-21-5-4-10-34-21)8-3-9-28-26(33)27-14-18-11-19(15-27)13-20(12-18)16-27/h1-2,4-7,10,18-20H,3,8-9,11-17H2,(H,28,33)(H,29,32)(H,30,31). The van der Waals surface area contributed by atoms with Gasteiger partial charge >= 0.3 is 0 Å². The van der Waals surface area contributed by atoms with Gasteiger partial charge in [-0.15, -0.1) is 0 Å². The van der Waals surface area contributed by atoms with Crippen molar-refractivity contribution >= 4 is 23.4 Å². The summed E-state index contributed by atoms with van der Waals surface area (Å²) in [4.78, 5) is 38.2. The van der Waals surface area contributed by atoms with E-state index in [1.165, 1.54) is 19.3 Å². The topological polar surface area (TPSA) is 100 Å². The number of hydrogen-bond acceptors (Lipinski definition) is 4. The van der Waals surface area contributed by atoms with Gasteiger partial charge in [-0.3, -0.25) is 14.4 Å². The second-order valence-corrected chi connectivity index (χ2v) is 10.4. The molecule has 4 saturated carbocycles. The van der Waals surface area contributed by atoms with Crippen LogP contribution in [0.15, 0.2) is 47.1 Å². The fourth-order valence-electron chi connectivity index (χ4n) is 6.71. The van der Waals surface area contributed by atoms with Gasteiger partial charge in [0, 0.05) is 18.4 Å². The van der Waals surface area contributed by atoms with Crippen LogP contribution in [0.4, 0.5) is 5.69 Å². The van der Waals surface area contributed by atoms with Crippen LogP contribution in [0.1, 0.15) is 67.5 Å². The highest BCUT2D eigenvalue weighted by Crippen LogP contribution is 2.60. The normalized spacial score (nSPS) is 26.8. The van der Waals surface area contributed by atoms with Crippen LogP contribution in [-0.2, 0) is 16.1 Å². The predicted molar refractivity (Wildman–Crippen MR) is 128 cm³/mol. The van der Waals surface area contributed by atoms with Crippen molar-refractivity contribution in [3.63, 3.8) is 0 Å². The lowest BCUT2D eigenvalue weighted by Crippen LogP contribution is -2.53. The molecule has 4 aliphatic carbocycles. The molecule has 0 radical (unpaired) electrons. The van der Waals surface area contributed by atoms with E-state index >= 15 is 0 Å². The molecular formula is C27H33N3O4. The molecule has 7 heteroatoms. The van der Waals surface area contributed by atoms with E-state index in [1.807, 2.05) is 0 Å². The Balaban J connectivity index is 1.08. The SMILES string of the molecule is O=C(CCCNC(=O)C12CC3CC(CC(C3)C1)C2)Nc1ccccc1C(=O)NCc1ccco1. The number of anilines is 1. The molecule has 6 rings (SSSR count). The van der Waals surface area contributed by atoms with Gasteiger partial charge in [-0.2, -0.15) is 0 Å². The third-order valence-corrected chi connectivity index (χ3v) is 7.84. The quantitative estimate of drug-likeness (QED) is 0.484. The van der Waals surface area contributed by atoms with Crippen molar-refractivity contribution in [1.29, 1.82) is 0 Å². The molecule has 4 fully saturated rings. The molecule has 1 heterocycles. The van der Waals surface area contributed by atoms with Crippen LogP contribution in [0.3, 0.4) is 0 Å². The highest BCUT2D eigenvalue weighted by molar-refractivity contribution is 6.03. The molecule has 0 saturated heterocycles. The first-order valence-corrected chi connectivity index (χ1v) is 12.5. The van der Waals surface area contributed by atoms with E-state index in [0.717, 1.165) is 37.0 Å². The van der Waals surface area contributed by atoms with Gasteiger partial charge in [-0.1, -0.05) is 12.1 Å². The van der Waals surface area contributed by atoms with Crippen molar-refractivity contribution in [2.75, 3.05) is 11.9 Å². The first-order valence-electron chi connectivity index (χ1n) is 12.5. The van der Waals surface area contributed by atoms with Gasteiger partial charge in [0.15, 0.2) is 0 Å². The van der Waals surface area contributed by atoms with E-state index < -0.39 is 0 Å². The summed E-state index contributed by atoms with van der Waals surface area (Å²) in [5.41, 5.74) is 0.721. The van der Waals surface area contributed by atoms with Crippen LogP contribution in [0.2, 0.25) is 0 Å². The summed E-state index contributed by atoms with van der Waals surface area (Å²) in [5, 5.41) is 8.77. The molecule has 7 nitrogen and oxygen atoms in total. The number of hydrogen-bond donors (Lipinski definition) is 3. The maximum Gasteiger partial charge on any atom is 0.253 e. The average Bonchev–Trinajstić information content (AvgIpc) is 3.33. The van der Waals surface area contributed by atoms with Crippen molar-refractivity contribution in [2.24, 2.45) is 23.2 Å². The molecule has 0 unspecified atom stereocenters. The summed E-state index contributed by atoms with van der Waals surface area (Å²) in [6.07, 6.45) is 9.49. The number of furan rings is 1. The third-order valence-electron chi connectivity index (χ3n) is 7.84. The molecule has 4 aliphatic rings. The number of rotatable bonds is 9. The molecule has 0 atom stereocenters. The number of carbonyl (C=O) groups excluding carboxylic acids is 3. The lowest BCUT2D eigenvalue weighted by molar-refractivity contribution is -0.146. The van der Waals surface area contributed by atoms with E-state index in [9.17, 15) is 14.4 Å². The monoisotopic (exact) mass is 463 g/mol. The molecule has 2 aromatic rings. The molecule has 1 aromatic carbocycles. The first-order chi connectivity index (χ1) is 16.5. The minimum atomic E-state index is -0.282. The second kappa shape index (κ2) is 9.65. The minimum Gasteiger partial charge on any atom is -0.467 e. The summed E-state index contributed by atoms with van der Waals surface area (Å²) >= 11 is 0. The molecule has 4 bridgehead atoms. The predicted octanol–water partition coefficient (Wildman–Crippen LogP) is 4.26. The van der Waals surface area contributed by atoms with E-state index in [1.54, 1.807) is 42.7 Å². The Morgan fingerprint density at radius 1 is 0.912 bits per heavy atom. The van der Waals surface area contributed by atoms with Crippen molar-refractivity contribution in [1.82, 2.24) is 10.6 Å². The van der Waals surface area contributed by atoms with Crippen molar-refractivity contribution in [3.05, 3.63) is 54.0 Å². The van der Waals surface area contributed by atoms with Crippen LogP contribution in [0.25, 0.3) is 0 Å². The van der Waals surface area contributed by atoms with Gasteiger partial charge in [0.1, 0.15) is 5.76 Å². The second-order valence-electron chi connectivity index (χ2n) is 10.4. The Labute approximate surface area is 200 Å². The summed E-state index contributed by atoms with van der Waals surface area (Å²) in [5.74, 6) is 2.61. The third kappa shape index (κ3) is 4.88. The fraction of sp³-hybridized carbons (Fsp3) is 0.519. The zero-order chi connectivity index (χ0) is 23.5. The van der Waals surface area contributed by atoms with Gasteiger partial charge in [0.2, 0.25) is 11.8 Å². The van der Waals surface area contributed by atoms with Gasteiger partial charge < -0.3 is 20.4 Å². The number of benzene rings is 1. The lowest BCUT2D eigenvalue weighted by Gasteiger charge is -2.55. The van der Waals surface area contributed by atoms with Crippen LogP contribution in [-0.4, -0.2) is 24.3 Å². The summed E-state index contributed by atoms with van der Waals surface area (Å²) in [6, 6.07) is 10.5. The van der Waals surface area contributed by atoms with E-state index in [4.69, 9.17) is 4.42 Å². The molecule has 180 valence electrons. The van der Waals surface area contributed by atoms with Crippen LogP contribution >= 0.6 is 0 Å². The summed E-state index contributed by atoms with van der Waals surface area (Å²) < 4.78 is 5.24. The maximum atomic E-state index is 13.0. The average molecular weight is 464 g/mol. The van der Waals surface area contributed by atoms with E-state index in [2.05, 4.69) is 16.0 Å². The maximum absolute atomic E-state index is 13.0. The Hall–Kier alpha value is -3.09. The zero-order valence-electron chi connectivity index (χ0n) is 19.5. The molecule has 1 aromatic heterocycles. The van der Waals surface area contributed by atoms with Gasteiger partial charge in [-0.25, -0.2) is 0 Å². The van der Waals surface area contributed by atoms with Gasteiger partial charge in [-0.05, 0) is 87.0 Å². The van der Waals surface area contributed by atoms with E-state index in [-0.39, 0.29) is 36.1 Å². The minimum absolute atomic E-state index is 0.154. The highest BCUT2D eigenvalue weighted by atomic mass is 16.3. The number of carbonyl (C=O) groups is 3. The molecule has 3 N–H and O–H groups in total. The largest absolute Gasteiger partial charge is 0.467 e. The van der Waals surface area contributed by atoms with Crippen LogP contribution in [0.5, 0.6) is 0 Å². The zero-order valence-corrected chi connectivity index (χ0v) is 19.5. The Morgan fingerprint density at radius 3 is 2.29 bits per heavy atom. The van der Waals surface area contributed by atoms with Crippen molar-refractivity contribution in [2.45, 2.75) is 57.9 Å². The number of para-hydroxylation sites is 1. The Morgan fingerprint density at radius 2 is 1.62 bits per heavy atom. The fourth-order valence-corrected chi connectivity index (χ4v) is 6.71. The smallest absolute Gasteiger partial charge is 0.253 e. The number of amides is 3. The van der Waals surface area contributed by atoms with E-state index in [0.29, 0.717) is 30.0 Å². The molecule has 3 amide bonds. The van der Waals surface area contributed by atoms with Gasteiger partial charge in [0.05, 0.1) is 24.1 Å². The highest BCUT2D eigenvalue weighted by Gasteiger charge is 2.54. The Kier molecular flexibility index (Phi) is 6.44. The summed E-state index contributed by atoms with van der Waals surface area (Å²) in [6.45, 7) is 0.775. The Bertz CT molecular complexity index is 1010. The van der Waals surface area contributed by atoms with Crippen molar-refractivity contribution < 1.29 is 18.8 Å².